The summed E-state index contributed by atoms with van der Waals surface area (Å²) in [6.45, 7) is 14.2. The number of rotatable bonds is 32. The molecule has 80 heavy (non-hydrogen) atoms. The van der Waals surface area contributed by atoms with E-state index in [1.165, 1.54) is 36.0 Å². The van der Waals surface area contributed by atoms with Crippen LogP contribution in [0, 0.1) is 17.8 Å². The van der Waals surface area contributed by atoms with Crippen LogP contribution in [0.15, 0.2) is 42.6 Å². The molecule has 3 heterocycles. The zero-order valence-electron chi connectivity index (χ0n) is 48.3. The lowest BCUT2D eigenvalue weighted by Crippen LogP contribution is -2.58. The number of para-hydroxylation sites is 1. The molecule has 2 aromatic rings. The molecule has 2 aliphatic rings. The number of H-pyrrole nitrogens is 1. The Morgan fingerprint density at radius 1 is 0.738 bits per heavy atom. The minimum atomic E-state index is -1.32. The number of likely N-dealkylation sites (tertiary alicyclic amines) is 2. The third kappa shape index (κ3) is 20.3. The number of nitrogens with zero attached hydrogens (tertiary/aromatic N) is 2. The number of ether oxygens (including phenoxy) is 2. The highest BCUT2D eigenvalue weighted by Crippen LogP contribution is 2.27. The van der Waals surface area contributed by atoms with E-state index < -0.39 is 131 Å². The van der Waals surface area contributed by atoms with Gasteiger partial charge in [-0.1, -0.05) is 77.7 Å². The average Bonchev–Trinajstić information content (AvgIpc) is 4.20. The number of hydrogen-bond acceptors (Lipinski definition) is 13. The van der Waals surface area contributed by atoms with Crippen molar-refractivity contribution >= 4 is 75.8 Å². The van der Waals surface area contributed by atoms with Gasteiger partial charge >= 0.3 is 17.9 Å². The van der Waals surface area contributed by atoms with Gasteiger partial charge in [-0.15, -0.1) is 0 Å². The number of aromatic amines is 1. The number of allylic oxidation sites excluding steroid dienone is 1. The minimum Gasteiger partial charge on any atom is -0.480 e. The molecule has 8 atom stereocenters. The van der Waals surface area contributed by atoms with Crippen molar-refractivity contribution in [3.05, 3.63) is 48.2 Å². The van der Waals surface area contributed by atoms with Crippen molar-refractivity contribution in [3.8, 4) is 0 Å². The van der Waals surface area contributed by atoms with Crippen LogP contribution in [0.4, 0.5) is 0 Å². The van der Waals surface area contributed by atoms with E-state index in [-0.39, 0.29) is 76.8 Å². The Labute approximate surface area is 470 Å². The molecule has 1 aromatic heterocycles. The number of unbranched alkanes of at least 4 members (excludes halogenated alkanes) is 2. The first-order valence-electron chi connectivity index (χ1n) is 28.5. The number of fused-ring (bicyclic) bond motifs is 1. The van der Waals surface area contributed by atoms with Gasteiger partial charge in [-0.2, -0.15) is 0 Å². The van der Waals surface area contributed by atoms with Crippen LogP contribution in [-0.4, -0.2) is 147 Å². The summed E-state index contributed by atoms with van der Waals surface area (Å²) >= 11 is 0. The number of aliphatic carboxylic acids is 1. The molecular weight excluding hydrogens is 1030 g/mol. The highest BCUT2D eigenvalue weighted by Gasteiger charge is 2.43. The molecule has 6 amide bonds. The number of methoxy groups -OCH3 is 1. The summed E-state index contributed by atoms with van der Waals surface area (Å²) in [5.41, 5.74) is 0.684. The number of benzene rings is 1. The predicted octanol–water partition coefficient (Wildman–Crippen LogP) is 5.55. The molecule has 6 N–H and O–H groups in total. The minimum absolute atomic E-state index is 0.0286. The number of hydrogen-bond donors (Lipinski definition) is 6. The fourth-order valence-electron chi connectivity index (χ4n) is 10.4. The monoisotopic (exact) mass is 1120 g/mol. The van der Waals surface area contributed by atoms with E-state index in [9.17, 15) is 57.8 Å². The second-order valence-electron chi connectivity index (χ2n) is 22.7. The van der Waals surface area contributed by atoms with Crippen LogP contribution >= 0.6 is 0 Å². The van der Waals surface area contributed by atoms with Crippen LogP contribution in [0.3, 0.4) is 0 Å². The quantitative estimate of drug-likeness (QED) is 0.0387. The second-order valence-corrected chi connectivity index (χ2v) is 22.7. The Morgan fingerprint density at radius 2 is 1.31 bits per heavy atom. The third-order valence-electron chi connectivity index (χ3n) is 14.5. The number of amides is 6. The molecule has 0 radical (unpaired) electrons. The molecule has 0 saturated carbocycles. The lowest BCUT2D eigenvalue weighted by molar-refractivity contribution is -0.156. The Morgan fingerprint density at radius 3 is 1.91 bits per heavy atom. The van der Waals surface area contributed by atoms with Crippen molar-refractivity contribution < 1.29 is 67.3 Å². The molecule has 21 nitrogen and oxygen atoms in total. The van der Waals surface area contributed by atoms with Gasteiger partial charge in [-0.25, -0.2) is 9.59 Å². The first kappa shape index (κ1) is 65.6. The van der Waals surface area contributed by atoms with Crippen LogP contribution in [0.1, 0.15) is 164 Å². The third-order valence-corrected chi connectivity index (χ3v) is 14.5. The highest BCUT2D eigenvalue weighted by molar-refractivity contribution is 5.99. The Hall–Kier alpha value is -6.93. The molecule has 4 rings (SSSR count). The number of carbonyl (C=O) groups is 11. The number of nitrogens with one attached hydrogen (secondary N) is 5. The van der Waals surface area contributed by atoms with Crippen LogP contribution in [0.2, 0.25) is 0 Å². The number of carboxylic acid groups (broad SMARTS) is 1. The fourth-order valence-corrected chi connectivity index (χ4v) is 10.4. The van der Waals surface area contributed by atoms with Gasteiger partial charge in [0, 0.05) is 74.3 Å². The molecule has 21 heteroatoms. The zero-order valence-corrected chi connectivity index (χ0v) is 48.3. The van der Waals surface area contributed by atoms with Crippen LogP contribution < -0.4 is 21.3 Å². The van der Waals surface area contributed by atoms with Crippen LogP contribution in [0.5, 0.6) is 0 Å². The summed E-state index contributed by atoms with van der Waals surface area (Å²) in [4.78, 5) is 156. The Balaban J connectivity index is 1.56. The smallest absolute Gasteiger partial charge is 0.330 e. The van der Waals surface area contributed by atoms with Crippen LogP contribution in [-0.2, 0) is 68.6 Å². The molecule has 2 saturated heterocycles. The van der Waals surface area contributed by atoms with Gasteiger partial charge in [0.15, 0.2) is 11.6 Å². The van der Waals surface area contributed by atoms with Gasteiger partial charge < -0.3 is 50.6 Å². The molecule has 2 aliphatic heterocycles. The van der Waals surface area contributed by atoms with Crippen molar-refractivity contribution in [2.45, 2.75) is 206 Å². The first-order chi connectivity index (χ1) is 37.9. The van der Waals surface area contributed by atoms with Crippen LogP contribution in [0.25, 0.3) is 10.9 Å². The summed E-state index contributed by atoms with van der Waals surface area (Å²) in [5, 5.41) is 22.0. The highest BCUT2D eigenvalue weighted by atomic mass is 16.6. The summed E-state index contributed by atoms with van der Waals surface area (Å²) in [6.07, 6.45) is 7.99. The summed E-state index contributed by atoms with van der Waals surface area (Å²) in [5.74, 6) is -9.11. The number of Topliss-reactive ketones (excluding diaryl/α,β-unsaturated/α-hetero) is 2. The molecule has 0 bridgehead atoms. The van der Waals surface area contributed by atoms with E-state index in [0.717, 1.165) is 16.5 Å². The first-order valence-corrected chi connectivity index (χ1v) is 28.5. The van der Waals surface area contributed by atoms with E-state index in [0.29, 0.717) is 38.5 Å². The van der Waals surface area contributed by atoms with Crippen molar-refractivity contribution in [2.75, 3.05) is 20.2 Å². The van der Waals surface area contributed by atoms with E-state index in [4.69, 9.17) is 4.74 Å². The van der Waals surface area contributed by atoms with E-state index in [2.05, 4.69) is 31.0 Å². The second kappa shape index (κ2) is 31.8. The van der Waals surface area contributed by atoms with E-state index in [1.54, 1.807) is 27.0 Å². The molecule has 1 aromatic carbocycles. The van der Waals surface area contributed by atoms with E-state index >= 15 is 0 Å². The lowest BCUT2D eigenvalue weighted by Gasteiger charge is -2.32. The SMILES string of the molecule is CCCC[C@H](CC(=O)[C@H](CCCC)NC(=O)[C@H](CC/C=C/C(=O)OC)CC(=O)[C@@H](CC(=O)OC(C)(C)C)NC(C)=O)C(=O)N[C@@H](CC(C)C)C(=O)N1CCC[C@H]1C(=O)N[C@@H](Cc1c[nH]c2ccccc12)C(=O)N1CCC[C@H]1C(=O)O. The maximum absolute atomic E-state index is 14.8. The molecule has 2 fully saturated rings. The number of carboxylic acids is 1. The average molecular weight is 1120 g/mol. The van der Waals surface area contributed by atoms with Gasteiger partial charge in [0.1, 0.15) is 29.8 Å². The zero-order chi connectivity index (χ0) is 59.3. The standard InChI is InChI=1S/C59H87N7O14/c1-10-12-20-38(32-49(68)43(23-13-11-2)62-53(72)39(21-14-17-27-51(70)79-9)33-50(69)44(61-37(5)67)34-52(71)80-59(6,7)8)54(73)63-45(30-36(3)4)56(75)65-28-18-25-47(65)55(74)64-46(57(76)66-29-19-26-48(66)58(77)78)31-40-35-60-42-24-16-15-22-41(40)42/h15-17,22,24,27,35-36,38-39,43-48,60H,10-14,18-21,23,25-26,28-34H2,1-9H3,(H,61,67)(H,62,72)(H,63,73)(H,64,74)(H,77,78)/b27-17+/t38-,39-,43+,44-,45+,46+,47+,48+/m1/s1. The maximum Gasteiger partial charge on any atom is 0.330 e. The number of esters is 2. The van der Waals surface area contributed by atoms with Crippen molar-refractivity contribution in [1.29, 1.82) is 0 Å². The Bertz CT molecular complexity index is 2530. The fraction of sp³-hybridized carbons (Fsp3) is 0.644. The van der Waals surface area contributed by atoms with Crippen molar-refractivity contribution in [1.82, 2.24) is 36.1 Å². The lowest BCUT2D eigenvalue weighted by atomic mass is 9.89. The van der Waals surface area contributed by atoms with Gasteiger partial charge in [0.25, 0.3) is 0 Å². The van der Waals surface area contributed by atoms with Gasteiger partial charge in [-0.3, -0.25) is 43.2 Å². The molecular formula is C59H87N7O14. The van der Waals surface area contributed by atoms with Gasteiger partial charge in [0.05, 0.1) is 25.6 Å². The van der Waals surface area contributed by atoms with Gasteiger partial charge in [0.2, 0.25) is 35.4 Å². The molecule has 442 valence electrons. The molecule has 0 aliphatic carbocycles. The van der Waals surface area contributed by atoms with Gasteiger partial charge in [-0.05, 0) is 96.1 Å². The van der Waals surface area contributed by atoms with Crippen molar-refractivity contribution in [3.63, 3.8) is 0 Å². The maximum atomic E-state index is 14.8. The number of carbonyl (C=O) groups excluding carboxylic acids is 10. The molecule has 0 spiro atoms. The summed E-state index contributed by atoms with van der Waals surface area (Å²) in [7, 11) is 1.21. The normalized spacial score (nSPS) is 17.7. The largest absolute Gasteiger partial charge is 0.480 e. The topological polar surface area (TPSA) is 297 Å². The summed E-state index contributed by atoms with van der Waals surface area (Å²) < 4.78 is 10.1. The number of ketones is 2. The van der Waals surface area contributed by atoms with Crippen molar-refractivity contribution in [2.24, 2.45) is 17.8 Å². The Kier molecular flexibility index (Phi) is 26.0. The predicted molar refractivity (Wildman–Crippen MR) is 298 cm³/mol. The molecule has 0 unspecified atom stereocenters. The number of aromatic nitrogens is 1. The van der Waals surface area contributed by atoms with E-state index in [1.807, 2.05) is 52.0 Å². The summed E-state index contributed by atoms with van der Waals surface area (Å²) in [6, 6.07) is 0.774.